The van der Waals surface area contributed by atoms with Gasteiger partial charge in [-0.15, -0.1) is 0 Å². The maximum Gasteiger partial charge on any atom is 0.201 e. The molecule has 0 spiro atoms. The predicted octanol–water partition coefficient (Wildman–Crippen LogP) is 1.55. The first-order valence-electron chi connectivity index (χ1n) is 1.93. The topological polar surface area (TPSA) is 21.6 Å². The Morgan fingerprint density at radius 1 is 1.86 bits per heavy atom. The van der Waals surface area contributed by atoms with Crippen LogP contribution < -0.4 is 0 Å². The molecule has 7 heavy (non-hydrogen) atoms. The van der Waals surface area contributed by atoms with Crippen LogP contribution in [0.2, 0.25) is 0 Å². The number of allylic oxidation sites excluding steroid dienone is 2. The monoisotopic (exact) mass is 115 g/mol. The van der Waals surface area contributed by atoms with Crippen LogP contribution >= 0.6 is 12.2 Å². The number of hydrogen-bond donors (Lipinski definition) is 0. The van der Waals surface area contributed by atoms with Gasteiger partial charge < -0.3 is 4.18 Å². The first kappa shape index (κ1) is 4.71. The first-order chi connectivity index (χ1) is 3.39. The van der Waals surface area contributed by atoms with Gasteiger partial charge in [0.05, 0.1) is 0 Å². The molecule has 0 aromatic heterocycles. The minimum absolute atomic E-state index is 0.903. The molecule has 1 rings (SSSR count). The lowest BCUT2D eigenvalue weighted by Crippen LogP contribution is -1.81. The zero-order valence-corrected chi connectivity index (χ0v) is 4.73. The number of hydrogen-bond acceptors (Lipinski definition) is 3. The summed E-state index contributed by atoms with van der Waals surface area (Å²) < 4.78 is 8.58. The third-order valence-corrected chi connectivity index (χ3v) is 1.13. The van der Waals surface area contributed by atoms with Crippen LogP contribution in [0, 0.1) is 0 Å². The van der Waals surface area contributed by atoms with E-state index in [2.05, 4.69) is 4.40 Å². The summed E-state index contributed by atoms with van der Waals surface area (Å²) in [4.78, 5) is 0. The van der Waals surface area contributed by atoms with Crippen LogP contribution in [0.1, 0.15) is 6.92 Å². The molecule has 0 fully saturated rings. The van der Waals surface area contributed by atoms with E-state index in [1.54, 1.807) is 6.21 Å². The van der Waals surface area contributed by atoms with E-state index in [1.165, 1.54) is 0 Å². The quantitative estimate of drug-likeness (QED) is 0.353. The van der Waals surface area contributed by atoms with Gasteiger partial charge in [0.2, 0.25) is 12.2 Å². The number of nitrogens with zero attached hydrogens (tertiary/aromatic N) is 1. The largest absolute Gasteiger partial charge is 0.409 e. The van der Waals surface area contributed by atoms with Gasteiger partial charge in [0.15, 0.2) is 0 Å². The van der Waals surface area contributed by atoms with E-state index < -0.39 is 0 Å². The summed E-state index contributed by atoms with van der Waals surface area (Å²) in [5.74, 6) is 0.903. The van der Waals surface area contributed by atoms with Crippen molar-refractivity contribution in [2.75, 3.05) is 0 Å². The lowest BCUT2D eigenvalue weighted by atomic mass is 10.5. The molecule has 1 aliphatic rings. The van der Waals surface area contributed by atoms with E-state index in [0.29, 0.717) is 0 Å². The molecule has 0 saturated carbocycles. The van der Waals surface area contributed by atoms with Crippen LogP contribution in [-0.2, 0) is 4.18 Å². The fourth-order valence-electron chi connectivity index (χ4n) is 0.268. The molecule has 0 unspecified atom stereocenters. The Labute approximate surface area is 46.6 Å². The fourth-order valence-corrected chi connectivity index (χ4v) is 0.595. The Kier molecular flexibility index (Phi) is 1.36. The van der Waals surface area contributed by atoms with E-state index in [-0.39, 0.29) is 0 Å². The van der Waals surface area contributed by atoms with Gasteiger partial charge in [0.1, 0.15) is 5.76 Å². The molecule has 0 N–H and O–H groups in total. The van der Waals surface area contributed by atoms with Crippen molar-refractivity contribution in [2.45, 2.75) is 6.92 Å². The molecular weight excluding hydrogens is 110 g/mol. The lowest BCUT2D eigenvalue weighted by Gasteiger charge is -1.99. The highest BCUT2D eigenvalue weighted by molar-refractivity contribution is 7.93. The van der Waals surface area contributed by atoms with Crippen LogP contribution in [0.5, 0.6) is 0 Å². The van der Waals surface area contributed by atoms with Gasteiger partial charge in [-0.05, 0) is 13.0 Å². The molecule has 38 valence electrons. The van der Waals surface area contributed by atoms with Crippen molar-refractivity contribution in [3.63, 3.8) is 0 Å². The molecule has 2 nitrogen and oxygen atoms in total. The predicted molar refractivity (Wildman–Crippen MR) is 30.9 cm³/mol. The van der Waals surface area contributed by atoms with E-state index in [0.717, 1.165) is 18.0 Å². The van der Waals surface area contributed by atoms with Crippen molar-refractivity contribution in [1.82, 2.24) is 0 Å². The maximum atomic E-state index is 4.86. The molecule has 1 heterocycles. The minimum Gasteiger partial charge on any atom is -0.409 e. The van der Waals surface area contributed by atoms with E-state index in [9.17, 15) is 0 Å². The van der Waals surface area contributed by atoms with Crippen molar-refractivity contribution in [1.29, 1.82) is 0 Å². The van der Waals surface area contributed by atoms with E-state index in [4.69, 9.17) is 4.18 Å². The van der Waals surface area contributed by atoms with Gasteiger partial charge in [-0.25, -0.2) is 0 Å². The lowest BCUT2D eigenvalue weighted by molar-refractivity contribution is 0.501. The molecule has 0 radical (unpaired) electrons. The summed E-state index contributed by atoms with van der Waals surface area (Å²) in [6.07, 6.45) is 3.53. The standard InChI is InChI=1S/C4H5NOS/c1-4-2-3-5-7-6-4/h2-3H,1H3. The molecule has 3 heteroatoms. The molecular formula is C4H5NOS. The third-order valence-electron chi connectivity index (χ3n) is 0.582. The third kappa shape index (κ3) is 1.23. The van der Waals surface area contributed by atoms with Crippen LogP contribution in [0.15, 0.2) is 16.2 Å². The van der Waals surface area contributed by atoms with Gasteiger partial charge in [-0.3, -0.25) is 0 Å². The van der Waals surface area contributed by atoms with Crippen LogP contribution in [0.3, 0.4) is 0 Å². The highest BCUT2D eigenvalue weighted by Crippen LogP contribution is 2.13. The SMILES string of the molecule is CC1=CC=NSO1. The molecule has 0 aromatic carbocycles. The summed E-state index contributed by atoms with van der Waals surface area (Å²) in [5.41, 5.74) is 0. The average molecular weight is 115 g/mol. The first-order valence-corrected chi connectivity index (χ1v) is 2.63. The highest BCUT2D eigenvalue weighted by atomic mass is 32.2. The van der Waals surface area contributed by atoms with Crippen molar-refractivity contribution < 1.29 is 4.18 Å². The van der Waals surface area contributed by atoms with Crippen molar-refractivity contribution in [2.24, 2.45) is 4.40 Å². The van der Waals surface area contributed by atoms with Gasteiger partial charge in [-0.1, -0.05) is 0 Å². The fraction of sp³-hybridized carbons (Fsp3) is 0.250. The Morgan fingerprint density at radius 3 is 3.00 bits per heavy atom. The smallest absolute Gasteiger partial charge is 0.201 e. The number of rotatable bonds is 0. The van der Waals surface area contributed by atoms with Gasteiger partial charge in [-0.2, -0.15) is 4.40 Å². The van der Waals surface area contributed by atoms with Gasteiger partial charge >= 0.3 is 0 Å². The molecule has 0 aliphatic carbocycles. The second kappa shape index (κ2) is 2.02. The Hall–Kier alpha value is -0.440. The zero-order valence-electron chi connectivity index (χ0n) is 3.92. The van der Waals surface area contributed by atoms with Gasteiger partial charge in [0.25, 0.3) is 0 Å². The minimum atomic E-state index is 0.903. The van der Waals surface area contributed by atoms with Crippen LogP contribution in [0.4, 0.5) is 0 Å². The molecule has 0 aromatic rings. The van der Waals surface area contributed by atoms with E-state index in [1.807, 2.05) is 13.0 Å². The van der Waals surface area contributed by atoms with E-state index >= 15 is 0 Å². The maximum absolute atomic E-state index is 4.86. The zero-order chi connectivity index (χ0) is 5.11. The van der Waals surface area contributed by atoms with Crippen LogP contribution in [0.25, 0.3) is 0 Å². The average Bonchev–Trinajstić information content (AvgIpc) is 1.69. The molecule has 0 atom stereocenters. The second-order valence-electron chi connectivity index (χ2n) is 1.19. The molecule has 0 bridgehead atoms. The molecule has 0 amide bonds. The van der Waals surface area contributed by atoms with Crippen molar-refractivity contribution >= 4 is 18.4 Å². The molecule has 0 saturated heterocycles. The highest BCUT2D eigenvalue weighted by Gasteiger charge is 1.90. The van der Waals surface area contributed by atoms with Crippen molar-refractivity contribution in [3.05, 3.63) is 11.8 Å². The Bertz CT molecular complexity index is 119. The summed E-state index contributed by atoms with van der Waals surface area (Å²) in [7, 11) is 0. The summed E-state index contributed by atoms with van der Waals surface area (Å²) in [6.45, 7) is 1.89. The van der Waals surface area contributed by atoms with Gasteiger partial charge in [0, 0.05) is 6.21 Å². The summed E-state index contributed by atoms with van der Waals surface area (Å²) in [6, 6.07) is 0. The molecule has 1 aliphatic heterocycles. The normalized spacial score (nSPS) is 18.1. The van der Waals surface area contributed by atoms with Crippen LogP contribution in [-0.4, -0.2) is 6.21 Å². The summed E-state index contributed by atoms with van der Waals surface area (Å²) in [5, 5.41) is 0. The second-order valence-corrected chi connectivity index (χ2v) is 1.72. The Morgan fingerprint density at radius 2 is 2.71 bits per heavy atom. The Balaban J connectivity index is 2.57. The van der Waals surface area contributed by atoms with Crippen molar-refractivity contribution in [3.8, 4) is 0 Å². The summed E-state index contributed by atoms with van der Waals surface area (Å²) >= 11 is 1.10.